The Balaban J connectivity index is 1.15. The van der Waals surface area contributed by atoms with E-state index in [9.17, 15) is 0 Å². The van der Waals surface area contributed by atoms with Crippen LogP contribution in [0.15, 0.2) is 151 Å². The van der Waals surface area contributed by atoms with Crippen LogP contribution in [0.2, 0.25) is 0 Å². The summed E-state index contributed by atoms with van der Waals surface area (Å²) >= 11 is 1.88. The lowest BCUT2D eigenvalue weighted by molar-refractivity contribution is 0.705. The highest BCUT2D eigenvalue weighted by Gasteiger charge is 2.27. The summed E-state index contributed by atoms with van der Waals surface area (Å²) in [5, 5.41) is 10.1. The molecule has 8 aromatic rings. The van der Waals surface area contributed by atoms with E-state index in [-0.39, 0.29) is 6.04 Å². The molecule has 1 aliphatic heterocycles. The first kappa shape index (κ1) is 26.4. The van der Waals surface area contributed by atoms with Gasteiger partial charge in [-0.1, -0.05) is 127 Å². The Bertz CT molecular complexity index is 2650. The van der Waals surface area contributed by atoms with E-state index in [0.29, 0.717) is 0 Å². The van der Waals surface area contributed by atoms with Crippen molar-refractivity contribution >= 4 is 65.0 Å². The number of dihydropyridines is 1. The summed E-state index contributed by atoms with van der Waals surface area (Å²) in [5.74, 6) is 0. The number of para-hydroxylation sites is 1. The number of fused-ring (bicyclic) bond motifs is 10. The van der Waals surface area contributed by atoms with Gasteiger partial charge in [0.25, 0.3) is 0 Å². The molecule has 1 N–H and O–H groups in total. The number of nitrogens with zero attached hydrogens (tertiary/aromatic N) is 2. The second-order valence-corrected chi connectivity index (χ2v) is 13.2. The molecule has 1 atom stereocenters. The topological polar surface area (TPSA) is 37.8 Å². The van der Waals surface area contributed by atoms with Crippen molar-refractivity contribution in [3.8, 4) is 22.5 Å². The summed E-state index contributed by atoms with van der Waals surface area (Å²) in [4.78, 5) is 10.4. The van der Waals surface area contributed by atoms with E-state index < -0.39 is 0 Å². The van der Waals surface area contributed by atoms with Gasteiger partial charge >= 0.3 is 0 Å². The molecular formula is C43H27N3S. The first-order valence-electron chi connectivity index (χ1n) is 16.0. The van der Waals surface area contributed by atoms with E-state index in [1.807, 2.05) is 17.4 Å². The molecule has 0 bridgehead atoms. The predicted molar refractivity (Wildman–Crippen MR) is 198 cm³/mol. The number of rotatable bonds is 3. The molecule has 0 saturated carbocycles. The summed E-state index contributed by atoms with van der Waals surface area (Å²) in [6.45, 7) is 0. The van der Waals surface area contributed by atoms with Crippen LogP contribution in [-0.2, 0) is 0 Å². The maximum atomic E-state index is 5.21. The second kappa shape index (κ2) is 10.3. The molecule has 47 heavy (non-hydrogen) atoms. The number of aromatic nitrogens is 2. The van der Waals surface area contributed by atoms with E-state index in [2.05, 4.69) is 151 Å². The van der Waals surface area contributed by atoms with Gasteiger partial charge in [-0.15, -0.1) is 11.3 Å². The maximum absolute atomic E-state index is 5.21. The minimum atomic E-state index is -0.0249. The third-order valence-corrected chi connectivity index (χ3v) is 10.7. The highest BCUT2D eigenvalue weighted by Crippen LogP contribution is 2.46. The van der Waals surface area contributed by atoms with Crippen molar-refractivity contribution in [2.75, 3.05) is 0 Å². The number of nitrogens with one attached hydrogen (secondary N) is 1. The van der Waals surface area contributed by atoms with Gasteiger partial charge in [-0.05, 0) is 35.4 Å². The van der Waals surface area contributed by atoms with Crippen LogP contribution in [0, 0.1) is 0 Å². The Hall–Kier alpha value is -5.84. The van der Waals surface area contributed by atoms with Gasteiger partial charge in [0, 0.05) is 58.7 Å². The van der Waals surface area contributed by atoms with Gasteiger partial charge in [-0.2, -0.15) is 0 Å². The highest BCUT2D eigenvalue weighted by molar-refractivity contribution is 7.26. The van der Waals surface area contributed by atoms with Crippen LogP contribution in [0.1, 0.15) is 22.9 Å². The first-order chi connectivity index (χ1) is 23.3. The summed E-state index contributed by atoms with van der Waals surface area (Å²) in [5.41, 5.74) is 11.1. The predicted octanol–water partition coefficient (Wildman–Crippen LogP) is 11.1. The number of pyridine rings is 2. The van der Waals surface area contributed by atoms with E-state index in [1.54, 1.807) is 0 Å². The molecule has 0 amide bonds. The average molecular weight is 618 g/mol. The maximum Gasteiger partial charge on any atom is 0.0946 e. The van der Waals surface area contributed by atoms with Gasteiger partial charge in [0.2, 0.25) is 0 Å². The summed E-state index contributed by atoms with van der Waals surface area (Å²) in [6, 6.07) is 45.1. The van der Waals surface area contributed by atoms with Gasteiger partial charge in [-0.25, -0.2) is 9.97 Å². The molecule has 0 spiro atoms. The zero-order chi connectivity index (χ0) is 30.9. The number of allylic oxidation sites excluding steroid dienone is 2. The van der Waals surface area contributed by atoms with Crippen LogP contribution >= 0.6 is 11.3 Å². The molecule has 220 valence electrons. The lowest BCUT2D eigenvalue weighted by atomic mass is 9.89. The lowest BCUT2D eigenvalue weighted by Gasteiger charge is -2.30. The Morgan fingerprint density at radius 1 is 0.574 bits per heavy atom. The van der Waals surface area contributed by atoms with Crippen LogP contribution < -0.4 is 5.32 Å². The Labute approximate surface area is 275 Å². The van der Waals surface area contributed by atoms with Gasteiger partial charge in [0.15, 0.2) is 0 Å². The van der Waals surface area contributed by atoms with Crippen molar-refractivity contribution in [3.05, 3.63) is 168 Å². The van der Waals surface area contributed by atoms with Crippen LogP contribution in [0.5, 0.6) is 0 Å². The van der Waals surface area contributed by atoms with Crippen LogP contribution in [0.25, 0.3) is 76.1 Å². The van der Waals surface area contributed by atoms with Crippen molar-refractivity contribution in [1.29, 1.82) is 0 Å². The molecule has 1 aliphatic carbocycles. The van der Waals surface area contributed by atoms with Gasteiger partial charge in [0.05, 0.1) is 28.6 Å². The van der Waals surface area contributed by atoms with Crippen molar-refractivity contribution in [1.82, 2.24) is 15.3 Å². The average Bonchev–Trinajstić information content (AvgIpc) is 3.54. The second-order valence-electron chi connectivity index (χ2n) is 12.2. The minimum Gasteiger partial charge on any atom is -0.372 e. The molecule has 3 aromatic heterocycles. The molecule has 5 aromatic carbocycles. The quantitative estimate of drug-likeness (QED) is 0.200. The smallest absolute Gasteiger partial charge is 0.0946 e. The minimum absolute atomic E-state index is 0.0249. The Morgan fingerprint density at radius 3 is 2.23 bits per heavy atom. The van der Waals surface area contributed by atoms with Crippen LogP contribution in [0.4, 0.5) is 0 Å². The molecule has 0 saturated heterocycles. The first-order valence-corrected chi connectivity index (χ1v) is 16.8. The highest BCUT2D eigenvalue weighted by atomic mass is 32.1. The third kappa shape index (κ3) is 4.12. The fourth-order valence-corrected chi connectivity index (χ4v) is 8.57. The molecule has 0 radical (unpaired) electrons. The fourth-order valence-electron chi connectivity index (χ4n) is 7.28. The number of benzene rings is 5. The van der Waals surface area contributed by atoms with E-state index in [0.717, 1.165) is 45.0 Å². The van der Waals surface area contributed by atoms with Crippen LogP contribution in [-0.4, -0.2) is 9.97 Å². The van der Waals surface area contributed by atoms with E-state index in [4.69, 9.17) is 9.97 Å². The zero-order valence-electron chi connectivity index (χ0n) is 25.3. The molecule has 0 fully saturated rings. The van der Waals surface area contributed by atoms with Crippen molar-refractivity contribution in [3.63, 3.8) is 0 Å². The largest absolute Gasteiger partial charge is 0.372 e. The standard InChI is InChI=1S/C43H27N3S/c1-3-10-26(11-4-1)34-24-20-28-18-19-29-21-25-36(46-42(29)41(28)44-34)30-15-9-17-37-38(30)33-23-22-32-39(43(33)47-37)31-14-7-8-16-35(31)45-40(32)27-12-5-2-6-13-27/h1-25,42,46H. The number of hydrogen-bond acceptors (Lipinski definition) is 4. The van der Waals surface area contributed by atoms with E-state index >= 15 is 0 Å². The van der Waals surface area contributed by atoms with Gasteiger partial charge < -0.3 is 5.32 Å². The van der Waals surface area contributed by atoms with Gasteiger partial charge in [0.1, 0.15) is 0 Å². The molecule has 3 nitrogen and oxygen atoms in total. The number of hydrogen-bond donors (Lipinski definition) is 1. The lowest BCUT2D eigenvalue weighted by Crippen LogP contribution is -2.27. The zero-order valence-corrected chi connectivity index (χ0v) is 26.1. The summed E-state index contributed by atoms with van der Waals surface area (Å²) in [6.07, 6.45) is 8.88. The molecule has 2 aliphatic rings. The van der Waals surface area contributed by atoms with E-state index in [1.165, 1.54) is 47.5 Å². The summed E-state index contributed by atoms with van der Waals surface area (Å²) in [7, 11) is 0. The van der Waals surface area contributed by atoms with Crippen molar-refractivity contribution in [2.45, 2.75) is 6.04 Å². The summed E-state index contributed by atoms with van der Waals surface area (Å²) < 4.78 is 2.58. The third-order valence-electron chi connectivity index (χ3n) is 9.49. The SMILES string of the molecule is C1=Cc2ccc(-c3ccccc3)nc2C2NC(c3cccc4sc5c(ccc6c(-c7ccccc7)nc7ccccc7c65)c34)=CC=C12. The Morgan fingerprint density at radius 2 is 1.36 bits per heavy atom. The molecule has 4 heteroatoms. The molecule has 4 heterocycles. The molecule has 10 rings (SSSR count). The Kier molecular flexibility index (Phi) is 5.81. The molecular weight excluding hydrogens is 591 g/mol. The normalized spacial score (nSPS) is 15.4. The fraction of sp³-hybridized carbons (Fsp3) is 0.0233. The van der Waals surface area contributed by atoms with Crippen molar-refractivity contribution < 1.29 is 0 Å². The van der Waals surface area contributed by atoms with Gasteiger partial charge in [-0.3, -0.25) is 0 Å². The number of thiophene rings is 1. The van der Waals surface area contributed by atoms with Crippen LogP contribution in [0.3, 0.4) is 0 Å². The monoisotopic (exact) mass is 617 g/mol. The molecule has 1 unspecified atom stereocenters. The van der Waals surface area contributed by atoms with Crippen molar-refractivity contribution in [2.24, 2.45) is 0 Å².